The van der Waals surface area contributed by atoms with E-state index in [0.717, 1.165) is 19.3 Å². The van der Waals surface area contributed by atoms with E-state index in [4.69, 9.17) is 0 Å². The summed E-state index contributed by atoms with van der Waals surface area (Å²) in [5, 5.41) is 3.20. The minimum absolute atomic E-state index is 0.0634. The monoisotopic (exact) mass is 240 g/mol. The molecule has 1 N–H and O–H groups in total. The summed E-state index contributed by atoms with van der Waals surface area (Å²) in [4.78, 5) is 25.7. The maximum atomic E-state index is 12.2. The van der Waals surface area contributed by atoms with Crippen LogP contribution in [0.5, 0.6) is 0 Å². The van der Waals surface area contributed by atoms with Gasteiger partial charge in [0.15, 0.2) is 0 Å². The van der Waals surface area contributed by atoms with E-state index in [0.29, 0.717) is 6.42 Å². The summed E-state index contributed by atoms with van der Waals surface area (Å²) >= 11 is 0. The van der Waals surface area contributed by atoms with E-state index in [1.54, 1.807) is 0 Å². The Morgan fingerprint density at radius 3 is 2.24 bits per heavy atom. The molecular formula is C13H24N2O2. The Bertz CT molecular complexity index is 321. The summed E-state index contributed by atoms with van der Waals surface area (Å²) < 4.78 is 0. The van der Waals surface area contributed by atoms with Crippen LogP contribution >= 0.6 is 0 Å². The Morgan fingerprint density at radius 2 is 1.82 bits per heavy atom. The van der Waals surface area contributed by atoms with Crippen LogP contribution < -0.4 is 5.32 Å². The Kier molecular flexibility index (Phi) is 3.97. The smallest absolute Gasteiger partial charge is 0.250 e. The van der Waals surface area contributed by atoms with E-state index in [1.165, 1.54) is 4.90 Å². The predicted molar refractivity (Wildman–Crippen MR) is 67.3 cm³/mol. The van der Waals surface area contributed by atoms with Crippen molar-refractivity contribution in [2.24, 2.45) is 0 Å². The summed E-state index contributed by atoms with van der Waals surface area (Å²) in [5.41, 5.74) is -1.23. The number of nitrogens with zero attached hydrogens (tertiary/aromatic N) is 1. The number of hydrogen-bond acceptors (Lipinski definition) is 3. The first-order valence-electron chi connectivity index (χ1n) is 6.39. The van der Waals surface area contributed by atoms with E-state index in [2.05, 4.69) is 12.2 Å². The maximum Gasteiger partial charge on any atom is 0.250 e. The zero-order valence-corrected chi connectivity index (χ0v) is 11.6. The number of rotatable bonds is 4. The van der Waals surface area contributed by atoms with Crippen molar-refractivity contribution in [2.45, 2.75) is 71.5 Å². The molecule has 0 spiro atoms. The number of carbonyl (C=O) groups is 2. The third-order valence-electron chi connectivity index (χ3n) is 3.16. The van der Waals surface area contributed by atoms with Crippen LogP contribution in [0.3, 0.4) is 0 Å². The van der Waals surface area contributed by atoms with Gasteiger partial charge in [0, 0.05) is 6.42 Å². The fourth-order valence-electron chi connectivity index (χ4n) is 2.47. The fraction of sp³-hybridized carbons (Fsp3) is 0.846. The average Bonchev–Trinajstić information content (AvgIpc) is 2.31. The lowest BCUT2D eigenvalue weighted by Gasteiger charge is -2.29. The first-order chi connectivity index (χ1) is 7.72. The molecular weight excluding hydrogens is 216 g/mol. The molecule has 0 radical (unpaired) electrons. The van der Waals surface area contributed by atoms with Crippen molar-refractivity contribution in [3.63, 3.8) is 0 Å². The Hall–Kier alpha value is -0.900. The van der Waals surface area contributed by atoms with Gasteiger partial charge in [-0.2, -0.15) is 0 Å². The molecule has 0 aromatic carbocycles. The van der Waals surface area contributed by atoms with Crippen molar-refractivity contribution in [3.8, 4) is 0 Å². The molecule has 98 valence electrons. The van der Waals surface area contributed by atoms with Gasteiger partial charge in [-0.05, 0) is 34.1 Å². The topological polar surface area (TPSA) is 49.4 Å². The van der Waals surface area contributed by atoms with Crippen molar-refractivity contribution in [2.75, 3.05) is 0 Å². The first-order valence-corrected chi connectivity index (χ1v) is 6.39. The molecule has 4 heteroatoms. The average molecular weight is 240 g/mol. The molecule has 1 saturated heterocycles. The number of nitrogens with one attached hydrogen (secondary N) is 1. The van der Waals surface area contributed by atoms with Crippen molar-refractivity contribution in [1.29, 1.82) is 0 Å². The van der Waals surface area contributed by atoms with Gasteiger partial charge >= 0.3 is 0 Å². The van der Waals surface area contributed by atoms with Gasteiger partial charge in [-0.1, -0.05) is 19.8 Å². The second-order valence-electron chi connectivity index (χ2n) is 5.80. The number of amides is 2. The van der Waals surface area contributed by atoms with E-state index in [9.17, 15) is 9.59 Å². The lowest BCUT2D eigenvalue weighted by molar-refractivity contribution is -0.147. The van der Waals surface area contributed by atoms with E-state index >= 15 is 0 Å². The van der Waals surface area contributed by atoms with Crippen LogP contribution in [0.25, 0.3) is 0 Å². The number of hydrogen-bond donors (Lipinski definition) is 1. The minimum atomic E-state index is -0.649. The van der Waals surface area contributed by atoms with Gasteiger partial charge in [0.2, 0.25) is 11.8 Å². The van der Waals surface area contributed by atoms with Crippen LogP contribution in [0, 0.1) is 0 Å². The highest BCUT2D eigenvalue weighted by Gasteiger charge is 2.51. The van der Waals surface area contributed by atoms with Crippen molar-refractivity contribution in [1.82, 2.24) is 10.2 Å². The van der Waals surface area contributed by atoms with Crippen LogP contribution in [0.2, 0.25) is 0 Å². The van der Waals surface area contributed by atoms with Gasteiger partial charge in [0.05, 0.1) is 11.2 Å². The van der Waals surface area contributed by atoms with E-state index < -0.39 is 11.2 Å². The summed E-state index contributed by atoms with van der Waals surface area (Å²) in [6.07, 6.45) is 3.43. The van der Waals surface area contributed by atoms with Crippen molar-refractivity contribution in [3.05, 3.63) is 0 Å². The molecule has 0 aromatic heterocycles. The molecule has 0 bridgehead atoms. The number of imide groups is 1. The Morgan fingerprint density at radius 1 is 1.24 bits per heavy atom. The zero-order chi connectivity index (χ0) is 13.3. The molecule has 0 saturated carbocycles. The lowest BCUT2D eigenvalue weighted by atomic mass is 10.1. The molecule has 1 aliphatic heterocycles. The first kappa shape index (κ1) is 14.2. The van der Waals surface area contributed by atoms with Crippen molar-refractivity contribution < 1.29 is 9.59 Å². The van der Waals surface area contributed by atoms with Gasteiger partial charge in [0.25, 0.3) is 0 Å². The largest absolute Gasteiger partial charge is 0.281 e. The van der Waals surface area contributed by atoms with Crippen molar-refractivity contribution >= 4 is 11.8 Å². The second kappa shape index (κ2) is 4.77. The molecule has 2 amide bonds. The summed E-state index contributed by atoms with van der Waals surface area (Å²) in [6, 6.07) is 0. The van der Waals surface area contributed by atoms with Gasteiger partial charge < -0.3 is 0 Å². The van der Waals surface area contributed by atoms with Crippen LogP contribution in [-0.4, -0.2) is 27.9 Å². The minimum Gasteiger partial charge on any atom is -0.281 e. The highest BCUT2D eigenvalue weighted by atomic mass is 16.2. The molecule has 1 rings (SSSR count). The Balaban J connectivity index is 2.75. The standard InChI is InChI=1S/C13H24N2O2/c1-6-7-8-9-10(16)15-11(17)12(2,3)14-13(15,4)5/h14H,6-9H2,1-5H3. The van der Waals surface area contributed by atoms with E-state index in [-0.39, 0.29) is 11.8 Å². The molecule has 1 fully saturated rings. The second-order valence-corrected chi connectivity index (χ2v) is 5.80. The van der Waals surface area contributed by atoms with Gasteiger partial charge in [0.1, 0.15) is 0 Å². The highest BCUT2D eigenvalue weighted by Crippen LogP contribution is 2.28. The molecule has 1 aliphatic rings. The van der Waals surface area contributed by atoms with Crippen LogP contribution in [0.15, 0.2) is 0 Å². The van der Waals surface area contributed by atoms with E-state index in [1.807, 2.05) is 27.7 Å². The third-order valence-corrected chi connectivity index (χ3v) is 3.16. The van der Waals surface area contributed by atoms with Crippen LogP contribution in [0.1, 0.15) is 60.3 Å². The predicted octanol–water partition coefficient (Wildman–Crippen LogP) is 2.04. The Labute approximate surface area is 104 Å². The molecule has 1 heterocycles. The number of unbranched alkanes of at least 4 members (excludes halogenated alkanes) is 2. The normalized spacial score (nSPS) is 21.9. The summed E-state index contributed by atoms with van der Waals surface area (Å²) in [6.45, 7) is 9.47. The SMILES string of the molecule is CCCCCC(=O)N1C(=O)C(C)(C)NC1(C)C. The molecule has 4 nitrogen and oxygen atoms in total. The molecule has 0 atom stereocenters. The van der Waals surface area contributed by atoms with Crippen LogP contribution in [-0.2, 0) is 9.59 Å². The maximum absolute atomic E-state index is 12.2. The molecule has 0 aromatic rings. The molecule has 17 heavy (non-hydrogen) atoms. The zero-order valence-electron chi connectivity index (χ0n) is 11.6. The lowest BCUT2D eigenvalue weighted by Crippen LogP contribution is -2.50. The third kappa shape index (κ3) is 2.86. The number of carbonyl (C=O) groups excluding carboxylic acids is 2. The van der Waals surface area contributed by atoms with Gasteiger partial charge in [-0.3, -0.25) is 19.8 Å². The quantitative estimate of drug-likeness (QED) is 0.765. The fourth-order valence-corrected chi connectivity index (χ4v) is 2.47. The summed E-state index contributed by atoms with van der Waals surface area (Å²) in [5.74, 6) is -0.185. The molecule has 0 unspecified atom stereocenters. The molecule has 0 aliphatic carbocycles. The highest BCUT2D eigenvalue weighted by molar-refractivity contribution is 6.02. The van der Waals surface area contributed by atoms with Gasteiger partial charge in [-0.25, -0.2) is 0 Å². The van der Waals surface area contributed by atoms with Gasteiger partial charge in [-0.15, -0.1) is 0 Å². The summed E-state index contributed by atoms with van der Waals surface area (Å²) in [7, 11) is 0. The van der Waals surface area contributed by atoms with Crippen LogP contribution in [0.4, 0.5) is 0 Å².